The van der Waals surface area contributed by atoms with Crippen molar-refractivity contribution >= 4 is 27.3 Å². The highest BCUT2D eigenvalue weighted by atomic mass is 79.9. The van der Waals surface area contributed by atoms with Crippen molar-refractivity contribution in [3.63, 3.8) is 0 Å². The maximum Gasteiger partial charge on any atom is 0.120 e. The molecule has 0 radical (unpaired) electrons. The molecule has 0 aliphatic carbocycles. The molecule has 1 atom stereocenters. The predicted octanol–water partition coefficient (Wildman–Crippen LogP) is 3.95. The second-order valence-electron chi connectivity index (χ2n) is 3.35. The summed E-state index contributed by atoms with van der Waals surface area (Å²) in [6, 6.07) is 6.28. The van der Waals surface area contributed by atoms with Gasteiger partial charge < -0.3 is 9.73 Å². The molecule has 15 heavy (non-hydrogen) atoms. The molecule has 0 aliphatic heterocycles. The van der Waals surface area contributed by atoms with Gasteiger partial charge in [0.25, 0.3) is 0 Å². The molecular formula is C11H12BrNOS. The van der Waals surface area contributed by atoms with E-state index in [9.17, 15) is 0 Å². The highest BCUT2D eigenvalue weighted by Gasteiger charge is 2.07. The lowest BCUT2D eigenvalue weighted by Crippen LogP contribution is -2.16. The molecule has 0 aliphatic rings. The summed E-state index contributed by atoms with van der Waals surface area (Å²) in [5, 5.41) is 5.50. The Labute approximate surface area is 101 Å². The van der Waals surface area contributed by atoms with E-state index in [2.05, 4.69) is 39.6 Å². The van der Waals surface area contributed by atoms with Gasteiger partial charge in [-0.1, -0.05) is 0 Å². The van der Waals surface area contributed by atoms with Gasteiger partial charge in [-0.2, -0.15) is 0 Å². The largest absolute Gasteiger partial charge is 0.468 e. The summed E-state index contributed by atoms with van der Waals surface area (Å²) in [5.74, 6) is 0.977. The van der Waals surface area contributed by atoms with E-state index in [1.165, 1.54) is 4.88 Å². The molecule has 2 nitrogen and oxygen atoms in total. The molecule has 0 amide bonds. The summed E-state index contributed by atoms with van der Waals surface area (Å²) in [6.45, 7) is 2.97. The fourth-order valence-electron chi connectivity index (χ4n) is 1.34. The van der Waals surface area contributed by atoms with Gasteiger partial charge in [-0.15, -0.1) is 11.3 Å². The Morgan fingerprint density at radius 3 is 3.07 bits per heavy atom. The molecule has 0 saturated heterocycles. The van der Waals surface area contributed by atoms with Gasteiger partial charge in [0.2, 0.25) is 0 Å². The first kappa shape index (κ1) is 10.9. The number of hydrogen-bond acceptors (Lipinski definition) is 3. The van der Waals surface area contributed by atoms with Gasteiger partial charge in [0, 0.05) is 21.3 Å². The minimum absolute atomic E-state index is 0.251. The maximum atomic E-state index is 5.32. The Bertz CT molecular complexity index is 410. The minimum atomic E-state index is 0.251. The molecule has 0 unspecified atom stereocenters. The monoisotopic (exact) mass is 285 g/mol. The molecule has 2 aromatic heterocycles. The number of thiophene rings is 1. The van der Waals surface area contributed by atoms with Crippen molar-refractivity contribution < 1.29 is 4.42 Å². The zero-order chi connectivity index (χ0) is 10.7. The third-order valence-corrected chi connectivity index (χ3v) is 3.87. The number of furan rings is 1. The summed E-state index contributed by atoms with van der Waals surface area (Å²) in [4.78, 5) is 1.32. The second-order valence-corrected chi connectivity index (χ2v) is 5.26. The van der Waals surface area contributed by atoms with E-state index in [0.717, 1.165) is 16.8 Å². The first-order chi connectivity index (χ1) is 7.25. The second kappa shape index (κ2) is 4.96. The van der Waals surface area contributed by atoms with Crippen LogP contribution in [0.15, 0.2) is 38.7 Å². The normalized spacial score (nSPS) is 12.9. The smallest absolute Gasteiger partial charge is 0.120 e. The highest BCUT2D eigenvalue weighted by Crippen LogP contribution is 2.20. The van der Waals surface area contributed by atoms with Gasteiger partial charge in [0.05, 0.1) is 12.3 Å². The third kappa shape index (κ3) is 2.93. The van der Waals surface area contributed by atoms with E-state index in [-0.39, 0.29) is 6.04 Å². The van der Waals surface area contributed by atoms with E-state index < -0.39 is 0 Å². The Morgan fingerprint density at radius 1 is 1.60 bits per heavy atom. The van der Waals surface area contributed by atoms with Crippen LogP contribution in [0.3, 0.4) is 0 Å². The first-order valence-corrected chi connectivity index (χ1v) is 6.42. The Balaban J connectivity index is 1.88. The van der Waals surface area contributed by atoms with Crippen LogP contribution in [0, 0.1) is 0 Å². The lowest BCUT2D eigenvalue weighted by atomic mass is 10.2. The van der Waals surface area contributed by atoms with Gasteiger partial charge >= 0.3 is 0 Å². The van der Waals surface area contributed by atoms with E-state index >= 15 is 0 Å². The molecule has 2 aromatic rings. The molecule has 0 bridgehead atoms. The Kier molecular flexibility index (Phi) is 3.61. The molecule has 1 N–H and O–H groups in total. The molecule has 2 rings (SSSR count). The number of rotatable bonds is 4. The minimum Gasteiger partial charge on any atom is -0.468 e. The van der Waals surface area contributed by atoms with Crippen LogP contribution in [0.25, 0.3) is 0 Å². The van der Waals surface area contributed by atoms with Crippen LogP contribution >= 0.6 is 27.3 Å². The van der Waals surface area contributed by atoms with Crippen LogP contribution in [-0.2, 0) is 6.54 Å². The lowest BCUT2D eigenvalue weighted by molar-refractivity contribution is 0.431. The molecule has 80 valence electrons. The van der Waals surface area contributed by atoms with Crippen LogP contribution in [0.2, 0.25) is 0 Å². The number of nitrogens with one attached hydrogen (secondary N) is 1. The van der Waals surface area contributed by atoms with Crippen molar-refractivity contribution in [3.8, 4) is 0 Å². The van der Waals surface area contributed by atoms with E-state index in [1.54, 1.807) is 17.6 Å². The third-order valence-electron chi connectivity index (χ3n) is 2.17. The van der Waals surface area contributed by atoms with Crippen molar-refractivity contribution in [2.24, 2.45) is 0 Å². The topological polar surface area (TPSA) is 25.2 Å². The van der Waals surface area contributed by atoms with Crippen molar-refractivity contribution in [1.82, 2.24) is 5.32 Å². The molecule has 4 heteroatoms. The van der Waals surface area contributed by atoms with Crippen LogP contribution in [0.5, 0.6) is 0 Å². The highest BCUT2D eigenvalue weighted by molar-refractivity contribution is 9.10. The fourth-order valence-corrected chi connectivity index (χ4v) is 2.74. The summed E-state index contributed by atoms with van der Waals surface area (Å²) >= 11 is 5.19. The molecule has 0 spiro atoms. The fraction of sp³-hybridized carbons (Fsp3) is 0.273. The first-order valence-electron chi connectivity index (χ1n) is 4.75. The average Bonchev–Trinajstić information content (AvgIpc) is 2.84. The summed E-state index contributed by atoms with van der Waals surface area (Å²) in [7, 11) is 0. The van der Waals surface area contributed by atoms with Gasteiger partial charge in [-0.05, 0) is 41.1 Å². The van der Waals surface area contributed by atoms with E-state index in [0.29, 0.717) is 0 Å². The van der Waals surface area contributed by atoms with Crippen molar-refractivity contribution in [3.05, 3.63) is 45.0 Å². The zero-order valence-electron chi connectivity index (χ0n) is 8.37. The Hall–Kier alpha value is -0.580. The summed E-state index contributed by atoms with van der Waals surface area (Å²) in [6.07, 6.45) is 1.70. The molecule has 0 aromatic carbocycles. The summed E-state index contributed by atoms with van der Waals surface area (Å²) in [5.41, 5.74) is 0. The molecule has 0 saturated carbocycles. The number of hydrogen-bond donors (Lipinski definition) is 1. The van der Waals surface area contributed by atoms with Gasteiger partial charge in [0.15, 0.2) is 0 Å². The van der Waals surface area contributed by atoms with Crippen LogP contribution < -0.4 is 5.32 Å². The summed E-state index contributed by atoms with van der Waals surface area (Å²) < 4.78 is 6.47. The van der Waals surface area contributed by atoms with E-state index in [4.69, 9.17) is 4.42 Å². The Morgan fingerprint density at radius 2 is 2.47 bits per heavy atom. The quantitative estimate of drug-likeness (QED) is 0.920. The van der Waals surface area contributed by atoms with E-state index in [1.807, 2.05) is 12.1 Å². The maximum absolute atomic E-state index is 5.32. The van der Waals surface area contributed by atoms with Gasteiger partial charge in [-0.25, -0.2) is 0 Å². The standard InChI is InChI=1S/C11H12BrNOS/c1-8(11-3-2-4-14-11)13-6-10-5-9(12)7-15-10/h2-5,7-8,13H,6H2,1H3/t8-/m0/s1. The molecular weight excluding hydrogens is 274 g/mol. The lowest BCUT2D eigenvalue weighted by Gasteiger charge is -2.09. The van der Waals surface area contributed by atoms with Crippen molar-refractivity contribution in [1.29, 1.82) is 0 Å². The molecule has 2 heterocycles. The van der Waals surface area contributed by atoms with Crippen molar-refractivity contribution in [2.75, 3.05) is 0 Å². The van der Waals surface area contributed by atoms with Crippen molar-refractivity contribution in [2.45, 2.75) is 19.5 Å². The van der Waals surface area contributed by atoms with Crippen LogP contribution in [0.4, 0.5) is 0 Å². The number of halogens is 1. The van der Waals surface area contributed by atoms with Crippen LogP contribution in [-0.4, -0.2) is 0 Å². The molecule has 0 fully saturated rings. The zero-order valence-corrected chi connectivity index (χ0v) is 10.8. The van der Waals surface area contributed by atoms with Crippen LogP contribution in [0.1, 0.15) is 23.6 Å². The SMILES string of the molecule is C[C@H](NCc1cc(Br)cs1)c1ccco1. The van der Waals surface area contributed by atoms with Gasteiger partial charge in [0.1, 0.15) is 5.76 Å². The predicted molar refractivity (Wildman–Crippen MR) is 66.0 cm³/mol. The van der Waals surface area contributed by atoms with Gasteiger partial charge in [-0.3, -0.25) is 0 Å². The average molecular weight is 286 g/mol.